The van der Waals surface area contributed by atoms with E-state index in [1.165, 1.54) is 0 Å². The molecule has 5 N–H and O–H groups in total. The van der Waals surface area contributed by atoms with Crippen LogP contribution in [0.3, 0.4) is 0 Å². The first-order chi connectivity index (χ1) is 25.6. The van der Waals surface area contributed by atoms with E-state index in [0.717, 1.165) is 63.4 Å². The van der Waals surface area contributed by atoms with Crippen LogP contribution < -0.4 is 0 Å². The second-order valence-electron chi connectivity index (χ2n) is 18.7. The topological polar surface area (TPSA) is 183 Å². The molecule has 2 unspecified atom stereocenters. The Bertz CT molecular complexity index is 1370. The van der Waals surface area contributed by atoms with Crippen LogP contribution in [0, 0.1) is 34.5 Å². The first-order valence-electron chi connectivity index (χ1n) is 20.8. The Morgan fingerprint density at radius 2 is 1.30 bits per heavy atom. The van der Waals surface area contributed by atoms with E-state index < -0.39 is 79.4 Å². The van der Waals surface area contributed by atoms with E-state index in [2.05, 4.69) is 13.8 Å². The van der Waals surface area contributed by atoms with E-state index >= 15 is 0 Å². The highest BCUT2D eigenvalue weighted by Crippen LogP contribution is 2.70. The number of hydrogen-bond donors (Lipinski definition) is 5. The third kappa shape index (κ3) is 6.82. The highest BCUT2D eigenvalue weighted by atomic mass is 16.7. The SMILES string of the molecule is C[C@H]1O[C@@H](O[C@H]2[C@@H](O)C[C@H](O[C@H]3[C@@H](O)C[C@H](O[C@H]4CC[C@]5(C)C6CC[C@]7(C)[C@@H](C8=CC(=O)OC8)CC[C@]7(O)C6CC[C@@H]5C4)O[C@@H]3C)O[C@@H]2C)C[C@H](O)[C@H]1O. The van der Waals surface area contributed by atoms with Gasteiger partial charge in [0.15, 0.2) is 18.9 Å². The number of rotatable bonds is 7. The third-order valence-corrected chi connectivity index (χ3v) is 15.9. The van der Waals surface area contributed by atoms with Gasteiger partial charge in [-0.15, -0.1) is 0 Å². The van der Waals surface area contributed by atoms with Crippen molar-refractivity contribution < 1.29 is 63.5 Å². The van der Waals surface area contributed by atoms with Crippen LogP contribution in [0.5, 0.6) is 0 Å². The molecule has 13 nitrogen and oxygen atoms in total. The van der Waals surface area contributed by atoms with E-state index in [1.807, 2.05) is 6.92 Å². The maximum atomic E-state index is 12.6. The summed E-state index contributed by atoms with van der Waals surface area (Å²) in [5, 5.41) is 55.0. The molecule has 0 spiro atoms. The fourth-order valence-corrected chi connectivity index (χ4v) is 12.8. The first kappa shape index (κ1) is 39.6. The number of hydrogen-bond acceptors (Lipinski definition) is 13. The Hall–Kier alpha value is -1.23. The predicted octanol–water partition coefficient (Wildman–Crippen LogP) is 3.25. The van der Waals surface area contributed by atoms with Crippen LogP contribution in [0.1, 0.15) is 112 Å². The number of esters is 1. The van der Waals surface area contributed by atoms with Gasteiger partial charge in [-0.1, -0.05) is 13.8 Å². The van der Waals surface area contributed by atoms with Crippen molar-refractivity contribution in [1.82, 2.24) is 0 Å². The van der Waals surface area contributed by atoms with Crippen molar-refractivity contribution in [3.63, 3.8) is 0 Å². The summed E-state index contributed by atoms with van der Waals surface area (Å²) >= 11 is 0. The van der Waals surface area contributed by atoms with E-state index in [-0.39, 0.29) is 54.0 Å². The highest BCUT2D eigenvalue weighted by Gasteiger charge is 2.68. The molecule has 13 heteroatoms. The van der Waals surface area contributed by atoms with Crippen molar-refractivity contribution in [3.05, 3.63) is 11.6 Å². The molecule has 4 heterocycles. The summed E-state index contributed by atoms with van der Waals surface area (Å²) < 4.78 is 42.2. The van der Waals surface area contributed by atoms with E-state index in [4.69, 9.17) is 33.2 Å². The average Bonchev–Trinajstić information content (AvgIpc) is 3.66. The zero-order valence-corrected chi connectivity index (χ0v) is 32.6. The summed E-state index contributed by atoms with van der Waals surface area (Å²) in [5.41, 5.74) is 0.215. The van der Waals surface area contributed by atoms with Crippen molar-refractivity contribution in [1.29, 1.82) is 0 Å². The molecular weight excluding hydrogens is 700 g/mol. The average molecular weight is 765 g/mol. The van der Waals surface area contributed by atoms with E-state index in [1.54, 1.807) is 19.9 Å². The number of cyclic esters (lactones) is 1. The lowest BCUT2D eigenvalue weighted by Gasteiger charge is -2.64. The molecule has 0 aromatic rings. The molecule has 4 saturated carbocycles. The predicted molar refractivity (Wildman–Crippen MR) is 191 cm³/mol. The van der Waals surface area contributed by atoms with Gasteiger partial charge in [-0.2, -0.15) is 0 Å². The molecule has 20 atom stereocenters. The van der Waals surface area contributed by atoms with E-state index in [0.29, 0.717) is 18.4 Å². The van der Waals surface area contributed by atoms with Gasteiger partial charge < -0.3 is 58.7 Å². The van der Waals surface area contributed by atoms with Crippen molar-refractivity contribution in [2.75, 3.05) is 6.61 Å². The van der Waals surface area contributed by atoms with Gasteiger partial charge in [0.25, 0.3) is 0 Å². The third-order valence-electron chi connectivity index (χ3n) is 15.9. The van der Waals surface area contributed by atoms with Crippen LogP contribution in [0.4, 0.5) is 0 Å². The molecular formula is C41H64O13. The Kier molecular flexibility index (Phi) is 10.9. The minimum absolute atomic E-state index is 0.0243. The molecule has 7 fully saturated rings. The lowest BCUT2D eigenvalue weighted by Crippen LogP contribution is -2.62. The molecule has 306 valence electrons. The van der Waals surface area contributed by atoms with Gasteiger partial charge in [-0.05, 0) is 113 Å². The van der Waals surface area contributed by atoms with E-state index in [9.17, 15) is 30.3 Å². The normalized spacial score (nSPS) is 55.0. The van der Waals surface area contributed by atoms with Gasteiger partial charge in [-0.3, -0.25) is 0 Å². The maximum Gasteiger partial charge on any atom is 0.331 e. The lowest BCUT2D eigenvalue weighted by atomic mass is 9.43. The fourth-order valence-electron chi connectivity index (χ4n) is 12.8. The van der Waals surface area contributed by atoms with Crippen LogP contribution in [0.25, 0.3) is 0 Å². The zero-order valence-electron chi connectivity index (χ0n) is 32.6. The number of ether oxygens (including phenoxy) is 7. The maximum absolute atomic E-state index is 12.6. The van der Waals surface area contributed by atoms with Crippen molar-refractivity contribution in [3.8, 4) is 0 Å². The number of aliphatic hydroxyl groups excluding tert-OH is 4. The second kappa shape index (κ2) is 14.9. The number of fused-ring (bicyclic) bond motifs is 5. The van der Waals surface area contributed by atoms with Gasteiger partial charge >= 0.3 is 5.97 Å². The standard InChI is InChI=1S/C41H64O13/c1-20-36(46)29(42)16-34(49-20)53-38-22(3)51-35(18-31(38)44)54-37-21(2)50-33(17-30(37)43)52-25-8-11-39(4)24(15-25)6-7-28-27(39)9-12-40(5)26(10-13-41(28,40)47)23-14-32(45)48-19-23/h14,20-22,24-31,33-38,42-44,46-47H,6-13,15-19H2,1-5H3/t20-,21-,22-,24-,25+,26-,27?,28?,29+,30+,31+,33+,34+,35+,36+,37-,38-,39+,40-,41+/m1/s1. The van der Waals surface area contributed by atoms with Gasteiger partial charge in [0.2, 0.25) is 0 Å². The summed E-state index contributed by atoms with van der Waals surface area (Å²) in [6, 6.07) is 0. The summed E-state index contributed by atoms with van der Waals surface area (Å²) in [5.74, 6) is 1.13. The van der Waals surface area contributed by atoms with Crippen LogP contribution in [0.2, 0.25) is 0 Å². The summed E-state index contributed by atoms with van der Waals surface area (Å²) in [6.45, 7) is 10.4. The monoisotopic (exact) mass is 764 g/mol. The fraction of sp³-hybridized carbons (Fsp3) is 0.927. The summed E-state index contributed by atoms with van der Waals surface area (Å²) in [7, 11) is 0. The zero-order chi connectivity index (χ0) is 38.3. The Labute approximate surface area is 319 Å². The van der Waals surface area contributed by atoms with Crippen LogP contribution in [0.15, 0.2) is 11.6 Å². The van der Waals surface area contributed by atoms with Crippen LogP contribution in [-0.4, -0.2) is 124 Å². The molecule has 54 heavy (non-hydrogen) atoms. The minimum Gasteiger partial charge on any atom is -0.458 e. The largest absolute Gasteiger partial charge is 0.458 e. The second-order valence-corrected chi connectivity index (χ2v) is 18.7. The molecule has 0 aromatic heterocycles. The van der Waals surface area contributed by atoms with Crippen molar-refractivity contribution >= 4 is 5.97 Å². The molecule has 4 aliphatic carbocycles. The smallest absolute Gasteiger partial charge is 0.331 e. The molecule has 0 bridgehead atoms. The molecule has 0 radical (unpaired) electrons. The highest BCUT2D eigenvalue weighted by molar-refractivity contribution is 5.85. The Balaban J connectivity index is 0.826. The lowest BCUT2D eigenvalue weighted by molar-refractivity contribution is -0.336. The molecule has 3 saturated heterocycles. The number of carbonyl (C=O) groups excluding carboxylic acids is 1. The van der Waals surface area contributed by atoms with Gasteiger partial charge in [0, 0.05) is 30.8 Å². The first-order valence-corrected chi connectivity index (χ1v) is 20.8. The van der Waals surface area contributed by atoms with Gasteiger partial charge in [-0.25, -0.2) is 4.79 Å². The molecule has 8 rings (SSSR count). The molecule has 4 aliphatic heterocycles. The Morgan fingerprint density at radius 3 is 1.89 bits per heavy atom. The minimum atomic E-state index is -0.996. The molecule has 8 aliphatic rings. The van der Waals surface area contributed by atoms with Gasteiger partial charge in [0.05, 0.1) is 48.3 Å². The molecule has 0 amide bonds. The quantitative estimate of drug-likeness (QED) is 0.188. The van der Waals surface area contributed by atoms with Crippen molar-refractivity contribution in [2.24, 2.45) is 34.5 Å². The number of carbonyl (C=O) groups is 1. The number of aliphatic hydroxyl groups is 5. The van der Waals surface area contributed by atoms with Crippen LogP contribution in [-0.2, 0) is 38.0 Å². The molecule has 0 aromatic carbocycles. The van der Waals surface area contributed by atoms with Gasteiger partial charge in [0.1, 0.15) is 24.9 Å². The van der Waals surface area contributed by atoms with Crippen molar-refractivity contribution in [2.45, 2.75) is 197 Å². The Morgan fingerprint density at radius 1 is 0.685 bits per heavy atom. The summed E-state index contributed by atoms with van der Waals surface area (Å²) in [4.78, 5) is 11.9. The van der Waals surface area contributed by atoms with Crippen LogP contribution >= 0.6 is 0 Å². The summed E-state index contributed by atoms with van der Waals surface area (Å²) in [6.07, 6.45) is 1.90.